The molecule has 1 aromatic carbocycles. The molecular weight excluding hydrogens is 302 g/mol. The molecule has 0 aliphatic rings. The topological polar surface area (TPSA) is 137 Å². The van der Waals surface area contributed by atoms with Gasteiger partial charge in [-0.05, 0) is 18.9 Å². The molecule has 1 heterocycles. The van der Waals surface area contributed by atoms with Crippen LogP contribution in [0, 0.1) is 23.0 Å². The minimum atomic E-state index is -0.586. The van der Waals surface area contributed by atoms with E-state index >= 15 is 0 Å². The second-order valence-electron chi connectivity index (χ2n) is 5.40. The van der Waals surface area contributed by atoms with Crippen LogP contribution in [0.4, 0.5) is 11.4 Å². The van der Waals surface area contributed by atoms with Gasteiger partial charge in [-0.2, -0.15) is 4.98 Å². The van der Waals surface area contributed by atoms with E-state index in [0.29, 0.717) is 5.82 Å². The van der Waals surface area contributed by atoms with Gasteiger partial charge in [0.15, 0.2) is 5.82 Å². The normalized spacial score (nSPS) is 12.2. The van der Waals surface area contributed by atoms with E-state index in [1.807, 2.05) is 13.8 Å². The minimum Gasteiger partial charge on any atom is -0.398 e. The lowest BCUT2D eigenvalue weighted by molar-refractivity contribution is -0.384. The molecule has 0 radical (unpaired) electrons. The van der Waals surface area contributed by atoms with Crippen LogP contribution in [0.2, 0.25) is 0 Å². The Morgan fingerprint density at radius 2 is 2.13 bits per heavy atom. The number of amides is 1. The van der Waals surface area contributed by atoms with E-state index in [4.69, 9.17) is 10.3 Å². The average Bonchev–Trinajstić information content (AvgIpc) is 2.90. The smallest absolute Gasteiger partial charge is 0.270 e. The minimum absolute atomic E-state index is 0.0288. The number of hydrogen-bond acceptors (Lipinski definition) is 7. The van der Waals surface area contributed by atoms with Crippen LogP contribution in [0.1, 0.15) is 42.0 Å². The predicted molar refractivity (Wildman–Crippen MR) is 81.6 cm³/mol. The highest BCUT2D eigenvalue weighted by atomic mass is 16.6. The third kappa shape index (κ3) is 3.62. The number of nitrogens with zero attached hydrogens (tertiary/aromatic N) is 3. The van der Waals surface area contributed by atoms with Crippen LogP contribution in [0.3, 0.4) is 0 Å². The third-order valence-corrected chi connectivity index (χ3v) is 3.25. The highest BCUT2D eigenvalue weighted by Gasteiger charge is 2.26. The fourth-order valence-electron chi connectivity index (χ4n) is 2.03. The van der Waals surface area contributed by atoms with E-state index in [1.165, 1.54) is 12.1 Å². The number of carbonyl (C=O) groups excluding carboxylic acids is 1. The molecule has 0 aliphatic heterocycles. The molecule has 0 saturated carbocycles. The van der Waals surface area contributed by atoms with Gasteiger partial charge in [0, 0.05) is 17.8 Å². The van der Waals surface area contributed by atoms with E-state index in [0.717, 1.165) is 6.07 Å². The molecule has 0 saturated heterocycles. The highest BCUT2D eigenvalue weighted by molar-refractivity contribution is 6.00. The Morgan fingerprint density at radius 3 is 2.65 bits per heavy atom. The van der Waals surface area contributed by atoms with Crippen LogP contribution in [0.5, 0.6) is 0 Å². The molecule has 122 valence electrons. The van der Waals surface area contributed by atoms with Gasteiger partial charge in [0.1, 0.15) is 6.04 Å². The van der Waals surface area contributed by atoms with Crippen molar-refractivity contribution in [2.24, 2.45) is 5.92 Å². The van der Waals surface area contributed by atoms with Crippen LogP contribution in [-0.4, -0.2) is 21.0 Å². The molecule has 2 rings (SSSR count). The first-order valence-corrected chi connectivity index (χ1v) is 6.94. The van der Waals surface area contributed by atoms with Gasteiger partial charge < -0.3 is 15.6 Å². The number of rotatable bonds is 5. The number of aryl methyl sites for hydroxylation is 1. The maximum Gasteiger partial charge on any atom is 0.270 e. The fourth-order valence-corrected chi connectivity index (χ4v) is 2.03. The Hall–Kier alpha value is -2.97. The Morgan fingerprint density at radius 1 is 1.43 bits per heavy atom. The second-order valence-corrected chi connectivity index (χ2v) is 5.40. The van der Waals surface area contributed by atoms with Crippen molar-refractivity contribution in [3.05, 3.63) is 45.6 Å². The van der Waals surface area contributed by atoms with Gasteiger partial charge in [0.05, 0.1) is 10.5 Å². The number of nitrogens with one attached hydrogen (secondary N) is 1. The van der Waals surface area contributed by atoms with Crippen molar-refractivity contribution < 1.29 is 14.2 Å². The number of hydrogen-bond donors (Lipinski definition) is 2. The summed E-state index contributed by atoms with van der Waals surface area (Å²) >= 11 is 0. The fraction of sp³-hybridized carbons (Fsp3) is 0.357. The van der Waals surface area contributed by atoms with E-state index < -0.39 is 16.9 Å². The number of nitrogens with two attached hydrogens (primary N) is 1. The Kier molecular flexibility index (Phi) is 4.58. The van der Waals surface area contributed by atoms with E-state index in [-0.39, 0.29) is 28.7 Å². The van der Waals surface area contributed by atoms with Crippen molar-refractivity contribution in [2.45, 2.75) is 26.8 Å². The lowest BCUT2D eigenvalue weighted by atomic mass is 10.0. The summed E-state index contributed by atoms with van der Waals surface area (Å²) in [5, 5.41) is 17.3. The van der Waals surface area contributed by atoms with E-state index in [1.54, 1.807) is 6.92 Å². The van der Waals surface area contributed by atoms with E-state index in [9.17, 15) is 14.9 Å². The highest BCUT2D eigenvalue weighted by Crippen LogP contribution is 2.23. The first-order valence-electron chi connectivity index (χ1n) is 6.94. The van der Waals surface area contributed by atoms with Crippen LogP contribution in [0.15, 0.2) is 22.7 Å². The molecule has 0 bridgehead atoms. The van der Waals surface area contributed by atoms with Gasteiger partial charge in [-0.25, -0.2) is 0 Å². The molecule has 0 spiro atoms. The monoisotopic (exact) mass is 319 g/mol. The molecule has 2 aromatic rings. The quantitative estimate of drug-likeness (QED) is 0.488. The number of nitro benzene ring substituents is 1. The standard InChI is InChI=1S/C14H17N5O4/c1-7(2)12(14-16-8(3)18-23-14)17-13(20)10-6-9(19(21)22)4-5-11(10)15/h4-7,12H,15H2,1-3H3,(H,17,20)/t12-/m0/s1. The average molecular weight is 319 g/mol. The van der Waals surface area contributed by atoms with Gasteiger partial charge in [-0.3, -0.25) is 14.9 Å². The maximum absolute atomic E-state index is 12.4. The molecule has 1 aromatic heterocycles. The van der Waals surface area contributed by atoms with E-state index in [2.05, 4.69) is 15.5 Å². The Bertz CT molecular complexity index is 741. The van der Waals surface area contributed by atoms with Gasteiger partial charge in [-0.15, -0.1) is 0 Å². The zero-order valence-electron chi connectivity index (χ0n) is 12.9. The van der Waals surface area contributed by atoms with Crippen molar-refractivity contribution in [1.29, 1.82) is 0 Å². The number of anilines is 1. The number of non-ortho nitro benzene ring substituents is 1. The number of benzene rings is 1. The summed E-state index contributed by atoms with van der Waals surface area (Å²) < 4.78 is 5.10. The van der Waals surface area contributed by atoms with Gasteiger partial charge in [0.2, 0.25) is 5.89 Å². The largest absolute Gasteiger partial charge is 0.398 e. The molecule has 0 aliphatic carbocycles. The van der Waals surface area contributed by atoms with Crippen LogP contribution in [-0.2, 0) is 0 Å². The molecule has 1 amide bonds. The molecular formula is C14H17N5O4. The number of nitrogen functional groups attached to an aromatic ring is 1. The van der Waals surface area contributed by atoms with Crippen molar-refractivity contribution in [3.63, 3.8) is 0 Å². The SMILES string of the molecule is Cc1noc([C@@H](NC(=O)c2cc([N+](=O)[O-])ccc2N)C(C)C)n1. The van der Waals surface area contributed by atoms with Gasteiger partial charge >= 0.3 is 0 Å². The van der Waals surface area contributed by atoms with Crippen molar-refractivity contribution in [3.8, 4) is 0 Å². The summed E-state index contributed by atoms with van der Waals surface area (Å²) in [6, 6.07) is 3.19. The lowest BCUT2D eigenvalue weighted by Crippen LogP contribution is -2.32. The third-order valence-electron chi connectivity index (χ3n) is 3.25. The Balaban J connectivity index is 2.29. The first-order chi connectivity index (χ1) is 10.8. The van der Waals surface area contributed by atoms with Crippen LogP contribution in [0.25, 0.3) is 0 Å². The predicted octanol–water partition coefficient (Wildman–Crippen LogP) is 2.00. The number of carbonyl (C=O) groups is 1. The van der Waals surface area contributed by atoms with Crippen LogP contribution >= 0.6 is 0 Å². The van der Waals surface area contributed by atoms with Gasteiger partial charge in [0.25, 0.3) is 11.6 Å². The van der Waals surface area contributed by atoms with Crippen LogP contribution < -0.4 is 11.1 Å². The number of aromatic nitrogens is 2. The zero-order valence-corrected chi connectivity index (χ0v) is 12.9. The van der Waals surface area contributed by atoms with Crippen molar-refractivity contribution >= 4 is 17.3 Å². The summed E-state index contributed by atoms with van der Waals surface area (Å²) in [6.45, 7) is 5.42. The van der Waals surface area contributed by atoms with Crippen molar-refractivity contribution in [1.82, 2.24) is 15.5 Å². The summed E-state index contributed by atoms with van der Waals surface area (Å²) in [4.78, 5) is 26.8. The summed E-state index contributed by atoms with van der Waals surface area (Å²) in [6.07, 6.45) is 0. The number of nitro groups is 1. The molecule has 23 heavy (non-hydrogen) atoms. The summed E-state index contributed by atoms with van der Waals surface area (Å²) in [7, 11) is 0. The zero-order chi connectivity index (χ0) is 17.1. The molecule has 0 fully saturated rings. The lowest BCUT2D eigenvalue weighted by Gasteiger charge is -2.19. The molecule has 9 heteroatoms. The summed E-state index contributed by atoms with van der Waals surface area (Å²) in [5.74, 6) is 0.157. The molecule has 0 unspecified atom stereocenters. The molecule has 1 atom stereocenters. The molecule has 9 nitrogen and oxygen atoms in total. The maximum atomic E-state index is 12.4. The van der Waals surface area contributed by atoms with Gasteiger partial charge in [-0.1, -0.05) is 19.0 Å². The Labute approximate surface area is 132 Å². The summed E-state index contributed by atoms with van der Waals surface area (Å²) in [5.41, 5.74) is 5.72. The second kappa shape index (κ2) is 6.42. The van der Waals surface area contributed by atoms with Crippen molar-refractivity contribution in [2.75, 3.05) is 5.73 Å². The first kappa shape index (κ1) is 16.4. The molecule has 3 N–H and O–H groups in total.